The van der Waals surface area contributed by atoms with Crippen molar-refractivity contribution in [1.29, 1.82) is 5.26 Å². The minimum atomic E-state index is -0.288. The Bertz CT molecular complexity index is 722. The van der Waals surface area contributed by atoms with Crippen molar-refractivity contribution in [3.8, 4) is 6.07 Å². The molecule has 1 N–H and O–H groups in total. The third-order valence-electron chi connectivity index (χ3n) is 3.65. The zero-order valence-electron chi connectivity index (χ0n) is 13.1. The molecule has 2 aromatic carbocycles. The Labute approximate surface area is 144 Å². The van der Waals surface area contributed by atoms with Crippen molar-refractivity contribution in [2.24, 2.45) is 0 Å². The van der Waals surface area contributed by atoms with Gasteiger partial charge in [0.25, 0.3) is 0 Å². The standard InChI is InChI=1S/C18H18BrN3O/c1-13(22(2)12-14-6-8-16(19)9-7-14)18(23)21-17-5-3-4-15(10-17)11-20/h3-10,13H,12H2,1-2H3,(H,21,23)/t13-/m0/s1. The average molecular weight is 372 g/mol. The van der Waals surface area contributed by atoms with Gasteiger partial charge in [0, 0.05) is 16.7 Å². The number of amides is 1. The number of nitrogens with one attached hydrogen (secondary N) is 1. The highest BCUT2D eigenvalue weighted by Gasteiger charge is 2.18. The van der Waals surface area contributed by atoms with Gasteiger partial charge in [0.1, 0.15) is 0 Å². The molecule has 0 saturated carbocycles. The topological polar surface area (TPSA) is 56.1 Å². The van der Waals surface area contributed by atoms with Crippen LogP contribution in [0.3, 0.4) is 0 Å². The van der Waals surface area contributed by atoms with Gasteiger partial charge in [-0.3, -0.25) is 9.69 Å². The predicted molar refractivity (Wildman–Crippen MR) is 94.9 cm³/mol. The number of rotatable bonds is 5. The van der Waals surface area contributed by atoms with Crippen LogP contribution in [0.2, 0.25) is 0 Å². The van der Waals surface area contributed by atoms with Gasteiger partial charge in [-0.15, -0.1) is 0 Å². The number of likely N-dealkylation sites (N-methyl/N-ethyl adjacent to an activating group) is 1. The number of hydrogen-bond donors (Lipinski definition) is 1. The van der Waals surface area contributed by atoms with Gasteiger partial charge in [-0.2, -0.15) is 5.26 Å². The van der Waals surface area contributed by atoms with E-state index in [0.717, 1.165) is 10.0 Å². The highest BCUT2D eigenvalue weighted by atomic mass is 79.9. The van der Waals surface area contributed by atoms with Crippen molar-refractivity contribution in [2.45, 2.75) is 19.5 Å². The first kappa shape index (κ1) is 17.2. The fourth-order valence-corrected chi connectivity index (χ4v) is 2.39. The van der Waals surface area contributed by atoms with Crippen LogP contribution in [0.4, 0.5) is 5.69 Å². The maximum atomic E-state index is 12.4. The van der Waals surface area contributed by atoms with Crippen LogP contribution in [0.1, 0.15) is 18.1 Å². The highest BCUT2D eigenvalue weighted by molar-refractivity contribution is 9.10. The quantitative estimate of drug-likeness (QED) is 0.869. The van der Waals surface area contributed by atoms with Gasteiger partial charge in [-0.25, -0.2) is 0 Å². The van der Waals surface area contributed by atoms with E-state index in [1.54, 1.807) is 24.3 Å². The van der Waals surface area contributed by atoms with Crippen LogP contribution in [-0.2, 0) is 11.3 Å². The average Bonchev–Trinajstić information content (AvgIpc) is 2.56. The lowest BCUT2D eigenvalue weighted by atomic mass is 10.1. The summed E-state index contributed by atoms with van der Waals surface area (Å²) in [5, 5.41) is 11.8. The van der Waals surface area contributed by atoms with Gasteiger partial charge >= 0.3 is 0 Å². The number of halogens is 1. The van der Waals surface area contributed by atoms with Gasteiger partial charge < -0.3 is 5.32 Å². The summed E-state index contributed by atoms with van der Waals surface area (Å²) in [6.45, 7) is 2.54. The van der Waals surface area contributed by atoms with Crippen LogP contribution < -0.4 is 5.32 Å². The first-order chi connectivity index (χ1) is 11.0. The smallest absolute Gasteiger partial charge is 0.241 e. The van der Waals surface area contributed by atoms with Gasteiger partial charge in [-0.05, 0) is 49.9 Å². The van der Waals surface area contributed by atoms with Crippen LogP contribution in [0.15, 0.2) is 53.0 Å². The fourth-order valence-electron chi connectivity index (χ4n) is 2.13. The first-order valence-electron chi connectivity index (χ1n) is 7.25. The molecule has 0 heterocycles. The van der Waals surface area contributed by atoms with Gasteiger partial charge in [0.05, 0.1) is 17.7 Å². The Morgan fingerprint density at radius 2 is 2.00 bits per heavy atom. The maximum Gasteiger partial charge on any atom is 0.241 e. The summed E-state index contributed by atoms with van der Waals surface area (Å²) in [7, 11) is 1.91. The molecule has 0 spiro atoms. The number of benzene rings is 2. The molecule has 0 bridgehead atoms. The third kappa shape index (κ3) is 4.92. The molecule has 0 fully saturated rings. The van der Waals surface area contributed by atoms with E-state index in [1.165, 1.54) is 0 Å². The molecule has 2 aromatic rings. The number of nitrogens with zero attached hydrogens (tertiary/aromatic N) is 2. The van der Waals surface area contributed by atoms with Crippen molar-refractivity contribution in [3.63, 3.8) is 0 Å². The zero-order chi connectivity index (χ0) is 16.8. The van der Waals surface area contributed by atoms with E-state index in [1.807, 2.05) is 43.1 Å². The number of carbonyl (C=O) groups is 1. The lowest BCUT2D eigenvalue weighted by Crippen LogP contribution is -2.39. The van der Waals surface area contributed by atoms with Crippen molar-refractivity contribution in [3.05, 3.63) is 64.1 Å². The summed E-state index contributed by atoms with van der Waals surface area (Å²) in [4.78, 5) is 14.3. The van der Waals surface area contributed by atoms with E-state index in [4.69, 9.17) is 5.26 Å². The van der Waals surface area contributed by atoms with E-state index < -0.39 is 0 Å². The lowest BCUT2D eigenvalue weighted by Gasteiger charge is -2.24. The molecule has 1 amide bonds. The monoisotopic (exact) mass is 371 g/mol. The zero-order valence-corrected chi connectivity index (χ0v) is 14.7. The van der Waals surface area contributed by atoms with Crippen LogP contribution in [0.5, 0.6) is 0 Å². The Balaban J connectivity index is 1.98. The predicted octanol–water partition coefficient (Wildman–Crippen LogP) is 3.78. The molecule has 0 aliphatic rings. The van der Waals surface area contributed by atoms with Crippen molar-refractivity contribution >= 4 is 27.5 Å². The second-order valence-electron chi connectivity index (χ2n) is 5.40. The number of carbonyl (C=O) groups excluding carboxylic acids is 1. The van der Waals surface area contributed by atoms with Crippen LogP contribution >= 0.6 is 15.9 Å². The molecule has 1 atom stereocenters. The molecule has 23 heavy (non-hydrogen) atoms. The molecule has 0 aliphatic heterocycles. The fraction of sp³-hybridized carbons (Fsp3) is 0.222. The molecule has 2 rings (SSSR count). The molecule has 0 radical (unpaired) electrons. The summed E-state index contributed by atoms with van der Waals surface area (Å²) >= 11 is 3.41. The third-order valence-corrected chi connectivity index (χ3v) is 4.17. The SMILES string of the molecule is C[C@@H](C(=O)Nc1cccc(C#N)c1)N(C)Cc1ccc(Br)cc1. The largest absolute Gasteiger partial charge is 0.325 e. The lowest BCUT2D eigenvalue weighted by molar-refractivity contribution is -0.120. The number of hydrogen-bond acceptors (Lipinski definition) is 3. The molecular formula is C18H18BrN3O. The first-order valence-corrected chi connectivity index (χ1v) is 8.04. The molecule has 4 nitrogen and oxygen atoms in total. The summed E-state index contributed by atoms with van der Waals surface area (Å²) < 4.78 is 1.03. The van der Waals surface area contributed by atoms with Crippen LogP contribution in [-0.4, -0.2) is 23.9 Å². The van der Waals surface area contributed by atoms with Gasteiger partial charge in [0.2, 0.25) is 5.91 Å². The van der Waals surface area contributed by atoms with E-state index in [2.05, 4.69) is 27.3 Å². The molecule has 0 aromatic heterocycles. The molecule has 0 saturated heterocycles. The second-order valence-corrected chi connectivity index (χ2v) is 6.32. The summed E-state index contributed by atoms with van der Waals surface area (Å²) in [6.07, 6.45) is 0. The maximum absolute atomic E-state index is 12.4. The molecule has 5 heteroatoms. The second kappa shape index (κ2) is 7.91. The van der Waals surface area contributed by atoms with Crippen molar-refractivity contribution in [2.75, 3.05) is 12.4 Å². The molecular weight excluding hydrogens is 354 g/mol. The number of anilines is 1. The molecule has 0 aliphatic carbocycles. The summed E-state index contributed by atoms with van der Waals surface area (Å²) in [5.41, 5.74) is 2.30. The Morgan fingerprint density at radius 1 is 1.30 bits per heavy atom. The minimum Gasteiger partial charge on any atom is -0.325 e. The van der Waals surface area contributed by atoms with E-state index in [0.29, 0.717) is 17.8 Å². The minimum absolute atomic E-state index is 0.0975. The van der Waals surface area contributed by atoms with E-state index >= 15 is 0 Å². The Hall–Kier alpha value is -2.16. The summed E-state index contributed by atoms with van der Waals surface area (Å²) in [5.74, 6) is -0.0975. The van der Waals surface area contributed by atoms with E-state index in [-0.39, 0.29) is 11.9 Å². The van der Waals surface area contributed by atoms with Crippen LogP contribution in [0.25, 0.3) is 0 Å². The highest BCUT2D eigenvalue weighted by Crippen LogP contribution is 2.14. The number of nitriles is 1. The normalized spacial score (nSPS) is 11.8. The van der Waals surface area contributed by atoms with Gasteiger partial charge in [-0.1, -0.05) is 34.1 Å². The Morgan fingerprint density at radius 3 is 2.65 bits per heavy atom. The van der Waals surface area contributed by atoms with Crippen molar-refractivity contribution < 1.29 is 4.79 Å². The van der Waals surface area contributed by atoms with Crippen LogP contribution in [0, 0.1) is 11.3 Å². The van der Waals surface area contributed by atoms with E-state index in [9.17, 15) is 4.79 Å². The summed E-state index contributed by atoms with van der Waals surface area (Å²) in [6, 6.07) is 16.7. The van der Waals surface area contributed by atoms with Crippen molar-refractivity contribution in [1.82, 2.24) is 4.90 Å². The molecule has 0 unspecified atom stereocenters. The Kier molecular flexibility index (Phi) is 5.91. The van der Waals surface area contributed by atoms with Gasteiger partial charge in [0.15, 0.2) is 0 Å². The molecule has 118 valence electrons.